The second-order valence-corrected chi connectivity index (χ2v) is 3.14. The van der Waals surface area contributed by atoms with Crippen LogP contribution in [-0.4, -0.2) is 26.3 Å². The van der Waals surface area contributed by atoms with E-state index in [-0.39, 0.29) is 6.61 Å². The smallest absolute Gasteiger partial charge is 0.323 e. The van der Waals surface area contributed by atoms with Crippen molar-refractivity contribution in [1.82, 2.24) is 5.32 Å². The highest BCUT2D eigenvalue weighted by molar-refractivity contribution is 4.65. The van der Waals surface area contributed by atoms with Gasteiger partial charge in [0.05, 0.1) is 6.61 Å². The number of nitrogens with one attached hydrogen (secondary N) is 1. The Morgan fingerprint density at radius 2 is 2.17 bits per heavy atom. The normalized spacial score (nSPS) is 25.8. The summed E-state index contributed by atoms with van der Waals surface area (Å²) in [6.45, 7) is -0.469. The van der Waals surface area contributed by atoms with Crippen molar-refractivity contribution in [3.63, 3.8) is 0 Å². The largest absolute Gasteiger partial charge is 0.345 e. The molecule has 1 heterocycles. The molecule has 1 unspecified atom stereocenters. The van der Waals surface area contributed by atoms with Crippen molar-refractivity contribution in [2.75, 3.05) is 19.7 Å². The third-order valence-corrected chi connectivity index (χ3v) is 2.15. The summed E-state index contributed by atoms with van der Waals surface area (Å²) in [4.78, 5) is 0. The SMILES string of the molecule is FC(F)OCC1CCCNCC1. The topological polar surface area (TPSA) is 21.3 Å². The van der Waals surface area contributed by atoms with Crippen LogP contribution in [0.3, 0.4) is 0 Å². The van der Waals surface area contributed by atoms with Crippen LogP contribution >= 0.6 is 0 Å². The Morgan fingerprint density at radius 1 is 1.33 bits per heavy atom. The number of alkyl halides is 2. The molecule has 72 valence electrons. The number of ether oxygens (including phenoxy) is 1. The van der Waals surface area contributed by atoms with Crippen molar-refractivity contribution in [1.29, 1.82) is 0 Å². The average Bonchev–Trinajstić information content (AvgIpc) is 2.28. The molecule has 1 aliphatic rings. The van der Waals surface area contributed by atoms with Crippen molar-refractivity contribution < 1.29 is 13.5 Å². The van der Waals surface area contributed by atoms with Crippen molar-refractivity contribution in [3.8, 4) is 0 Å². The zero-order chi connectivity index (χ0) is 8.81. The Balaban J connectivity index is 2.12. The Kier molecular flexibility index (Phi) is 4.46. The van der Waals surface area contributed by atoms with Gasteiger partial charge in [-0.2, -0.15) is 8.78 Å². The minimum absolute atomic E-state index is 0.208. The van der Waals surface area contributed by atoms with Gasteiger partial charge in [0.15, 0.2) is 0 Å². The number of hydrogen-bond donors (Lipinski definition) is 1. The summed E-state index contributed by atoms with van der Waals surface area (Å²) >= 11 is 0. The number of halogens is 2. The van der Waals surface area contributed by atoms with Gasteiger partial charge in [-0.1, -0.05) is 0 Å². The molecule has 0 aromatic rings. The van der Waals surface area contributed by atoms with Crippen molar-refractivity contribution >= 4 is 0 Å². The molecule has 0 amide bonds. The first-order valence-electron chi connectivity index (χ1n) is 4.39. The van der Waals surface area contributed by atoms with Gasteiger partial charge in [-0.05, 0) is 38.3 Å². The van der Waals surface area contributed by atoms with Gasteiger partial charge < -0.3 is 10.1 Å². The standard InChI is InChI=1S/C8H15F2NO/c9-8(10)12-6-7-2-1-4-11-5-3-7/h7-8,11H,1-6H2. The third kappa shape index (κ3) is 3.97. The summed E-state index contributed by atoms with van der Waals surface area (Å²) in [6.07, 6.45) is 3.02. The highest BCUT2D eigenvalue weighted by atomic mass is 19.3. The fraction of sp³-hybridized carbons (Fsp3) is 1.00. The maximum Gasteiger partial charge on any atom is 0.345 e. The van der Waals surface area contributed by atoms with Gasteiger partial charge in [-0.3, -0.25) is 0 Å². The molecule has 1 rings (SSSR count). The Labute approximate surface area is 71.3 Å². The molecule has 4 heteroatoms. The van der Waals surface area contributed by atoms with E-state index < -0.39 is 6.61 Å². The lowest BCUT2D eigenvalue weighted by molar-refractivity contribution is -0.138. The molecule has 0 saturated carbocycles. The number of hydrogen-bond acceptors (Lipinski definition) is 2. The van der Waals surface area contributed by atoms with Gasteiger partial charge in [-0.25, -0.2) is 0 Å². The fourth-order valence-electron chi connectivity index (χ4n) is 1.47. The van der Waals surface area contributed by atoms with E-state index in [0.29, 0.717) is 5.92 Å². The van der Waals surface area contributed by atoms with Crippen molar-refractivity contribution in [2.45, 2.75) is 25.9 Å². The van der Waals surface area contributed by atoms with Crippen LogP contribution in [0.1, 0.15) is 19.3 Å². The zero-order valence-corrected chi connectivity index (χ0v) is 7.06. The summed E-state index contributed by atoms with van der Waals surface area (Å²) in [7, 11) is 0. The molecule has 12 heavy (non-hydrogen) atoms. The van der Waals surface area contributed by atoms with E-state index in [9.17, 15) is 8.78 Å². The average molecular weight is 179 g/mol. The molecular weight excluding hydrogens is 164 g/mol. The molecule has 1 saturated heterocycles. The van der Waals surface area contributed by atoms with Crippen LogP contribution in [0.2, 0.25) is 0 Å². The summed E-state index contributed by atoms with van der Waals surface area (Å²) in [5.41, 5.74) is 0. The second kappa shape index (κ2) is 5.43. The first-order valence-corrected chi connectivity index (χ1v) is 4.39. The molecule has 0 aliphatic carbocycles. The van der Waals surface area contributed by atoms with Crippen molar-refractivity contribution in [3.05, 3.63) is 0 Å². The summed E-state index contributed by atoms with van der Waals surface area (Å²) in [5, 5.41) is 3.22. The highest BCUT2D eigenvalue weighted by Gasteiger charge is 2.13. The Hall–Kier alpha value is -0.220. The van der Waals surface area contributed by atoms with Gasteiger partial charge >= 0.3 is 6.61 Å². The minimum Gasteiger partial charge on any atom is -0.323 e. The van der Waals surface area contributed by atoms with Crippen LogP contribution in [0, 0.1) is 5.92 Å². The molecule has 0 aromatic heterocycles. The molecule has 1 aliphatic heterocycles. The first kappa shape index (κ1) is 9.86. The lowest BCUT2D eigenvalue weighted by atomic mass is 10.0. The van der Waals surface area contributed by atoms with Crippen molar-refractivity contribution in [2.24, 2.45) is 5.92 Å². The summed E-state index contributed by atoms with van der Waals surface area (Å²) in [6, 6.07) is 0. The van der Waals surface area contributed by atoms with Gasteiger partial charge in [0, 0.05) is 0 Å². The monoisotopic (exact) mass is 179 g/mol. The molecule has 1 N–H and O–H groups in total. The molecule has 0 spiro atoms. The van der Waals surface area contributed by atoms with Crippen LogP contribution < -0.4 is 5.32 Å². The van der Waals surface area contributed by atoms with E-state index in [2.05, 4.69) is 10.1 Å². The molecule has 0 bridgehead atoms. The van der Waals surface area contributed by atoms with E-state index in [4.69, 9.17) is 0 Å². The zero-order valence-electron chi connectivity index (χ0n) is 7.06. The quantitative estimate of drug-likeness (QED) is 0.710. The molecule has 1 atom stereocenters. The van der Waals surface area contributed by atoms with Crippen LogP contribution in [0.5, 0.6) is 0 Å². The lowest BCUT2D eigenvalue weighted by Crippen LogP contribution is -2.16. The fourth-order valence-corrected chi connectivity index (χ4v) is 1.47. The predicted octanol–water partition coefficient (Wildman–Crippen LogP) is 1.62. The molecule has 1 fully saturated rings. The molecule has 0 radical (unpaired) electrons. The van der Waals surface area contributed by atoms with E-state index in [1.165, 1.54) is 0 Å². The van der Waals surface area contributed by atoms with Crippen LogP contribution in [0.4, 0.5) is 8.78 Å². The summed E-state index contributed by atoms with van der Waals surface area (Å²) in [5.74, 6) is 0.314. The summed E-state index contributed by atoms with van der Waals surface area (Å²) < 4.78 is 27.6. The molecule has 2 nitrogen and oxygen atoms in total. The van der Waals surface area contributed by atoms with Gasteiger partial charge in [0.2, 0.25) is 0 Å². The van der Waals surface area contributed by atoms with E-state index >= 15 is 0 Å². The second-order valence-electron chi connectivity index (χ2n) is 3.14. The van der Waals surface area contributed by atoms with Crippen LogP contribution in [0.15, 0.2) is 0 Å². The molecular formula is C8H15F2NO. The maximum absolute atomic E-state index is 11.7. The Bertz CT molecular complexity index is 114. The predicted molar refractivity (Wildman–Crippen MR) is 42.2 cm³/mol. The number of rotatable bonds is 3. The van der Waals surface area contributed by atoms with Crippen LogP contribution in [0.25, 0.3) is 0 Å². The molecule has 0 aromatic carbocycles. The highest BCUT2D eigenvalue weighted by Crippen LogP contribution is 2.14. The van der Waals surface area contributed by atoms with Gasteiger partial charge in [0.1, 0.15) is 0 Å². The lowest BCUT2D eigenvalue weighted by Gasteiger charge is -2.12. The minimum atomic E-state index is -2.61. The van der Waals surface area contributed by atoms with E-state index in [0.717, 1.165) is 32.4 Å². The maximum atomic E-state index is 11.7. The van der Waals surface area contributed by atoms with Crippen LogP contribution in [-0.2, 0) is 4.74 Å². The van der Waals surface area contributed by atoms with Gasteiger partial charge in [0.25, 0.3) is 0 Å². The third-order valence-electron chi connectivity index (χ3n) is 2.15. The van der Waals surface area contributed by atoms with E-state index in [1.807, 2.05) is 0 Å². The first-order chi connectivity index (χ1) is 5.79. The Morgan fingerprint density at radius 3 is 2.92 bits per heavy atom. The van der Waals surface area contributed by atoms with Gasteiger partial charge in [-0.15, -0.1) is 0 Å². The van der Waals surface area contributed by atoms with E-state index in [1.54, 1.807) is 0 Å².